The van der Waals surface area contributed by atoms with Gasteiger partial charge < -0.3 is 5.73 Å². The van der Waals surface area contributed by atoms with E-state index in [9.17, 15) is 0 Å². The van der Waals surface area contributed by atoms with E-state index < -0.39 is 0 Å². The minimum atomic E-state index is -0.0624. The van der Waals surface area contributed by atoms with Crippen molar-refractivity contribution < 1.29 is 0 Å². The van der Waals surface area contributed by atoms with Crippen LogP contribution in [0.25, 0.3) is 0 Å². The summed E-state index contributed by atoms with van der Waals surface area (Å²) in [6.45, 7) is 4.74. The van der Waals surface area contributed by atoms with Crippen molar-refractivity contribution in [1.29, 1.82) is 0 Å². The third kappa shape index (κ3) is 2.09. The van der Waals surface area contributed by atoms with E-state index in [0.717, 1.165) is 12.8 Å². The molecule has 1 saturated carbocycles. The molecular formula is C17H25N. The van der Waals surface area contributed by atoms with Crippen molar-refractivity contribution in [2.24, 2.45) is 11.1 Å². The van der Waals surface area contributed by atoms with Crippen molar-refractivity contribution >= 4 is 0 Å². The van der Waals surface area contributed by atoms with Gasteiger partial charge in [0, 0.05) is 5.54 Å². The summed E-state index contributed by atoms with van der Waals surface area (Å²) in [4.78, 5) is 0. The van der Waals surface area contributed by atoms with Gasteiger partial charge in [-0.1, -0.05) is 32.0 Å². The van der Waals surface area contributed by atoms with Crippen molar-refractivity contribution in [3.63, 3.8) is 0 Å². The maximum atomic E-state index is 6.70. The molecule has 0 heterocycles. The Morgan fingerprint density at radius 2 is 1.61 bits per heavy atom. The van der Waals surface area contributed by atoms with Gasteiger partial charge in [-0.15, -0.1) is 0 Å². The second-order valence-electron chi connectivity index (χ2n) is 7.16. The summed E-state index contributed by atoms with van der Waals surface area (Å²) in [5, 5.41) is 0. The van der Waals surface area contributed by atoms with Crippen LogP contribution in [0.2, 0.25) is 0 Å². The third-order valence-corrected chi connectivity index (χ3v) is 5.17. The van der Waals surface area contributed by atoms with Crippen LogP contribution in [0.15, 0.2) is 18.2 Å². The zero-order valence-corrected chi connectivity index (χ0v) is 11.8. The van der Waals surface area contributed by atoms with Crippen LogP contribution in [0.4, 0.5) is 0 Å². The Morgan fingerprint density at radius 1 is 0.944 bits per heavy atom. The highest BCUT2D eigenvalue weighted by Crippen LogP contribution is 2.44. The Bertz CT molecular complexity index is 449. The molecule has 2 N–H and O–H groups in total. The normalized spacial score (nSPS) is 24.8. The van der Waals surface area contributed by atoms with Crippen molar-refractivity contribution in [2.75, 3.05) is 0 Å². The van der Waals surface area contributed by atoms with Crippen molar-refractivity contribution in [3.8, 4) is 0 Å². The van der Waals surface area contributed by atoms with Gasteiger partial charge in [-0.3, -0.25) is 0 Å². The van der Waals surface area contributed by atoms with E-state index in [1.54, 1.807) is 11.1 Å². The second kappa shape index (κ2) is 4.09. The molecule has 2 aliphatic rings. The molecule has 0 atom stereocenters. The minimum Gasteiger partial charge on any atom is -0.321 e. The van der Waals surface area contributed by atoms with Gasteiger partial charge >= 0.3 is 0 Å². The first kappa shape index (κ1) is 12.2. The number of benzene rings is 1. The average molecular weight is 243 g/mol. The van der Waals surface area contributed by atoms with Crippen molar-refractivity contribution in [1.82, 2.24) is 0 Å². The predicted octanol–water partition coefficient (Wildman–Crippen LogP) is 3.93. The number of fused-ring (bicyclic) bond motifs is 1. The highest BCUT2D eigenvalue weighted by molar-refractivity contribution is 5.38. The maximum Gasteiger partial charge on any atom is 0.0410 e. The van der Waals surface area contributed by atoms with Crippen molar-refractivity contribution in [3.05, 3.63) is 34.9 Å². The van der Waals surface area contributed by atoms with E-state index >= 15 is 0 Å². The molecule has 1 heteroatoms. The molecular weight excluding hydrogens is 218 g/mol. The van der Waals surface area contributed by atoms with Crippen LogP contribution in [0, 0.1) is 5.41 Å². The molecule has 0 radical (unpaired) electrons. The van der Waals surface area contributed by atoms with Crippen LogP contribution in [0.1, 0.15) is 62.6 Å². The van der Waals surface area contributed by atoms with Crippen LogP contribution in [-0.2, 0) is 18.4 Å². The highest BCUT2D eigenvalue weighted by atomic mass is 14.8. The predicted molar refractivity (Wildman–Crippen MR) is 76.6 cm³/mol. The Hall–Kier alpha value is -0.820. The van der Waals surface area contributed by atoms with Crippen LogP contribution >= 0.6 is 0 Å². The molecule has 0 spiro atoms. The molecule has 1 aromatic rings. The number of nitrogens with two attached hydrogens (primary N) is 1. The van der Waals surface area contributed by atoms with Gasteiger partial charge in [0.05, 0.1) is 0 Å². The first-order chi connectivity index (χ1) is 8.49. The van der Waals surface area contributed by atoms with Crippen LogP contribution in [0.5, 0.6) is 0 Å². The van der Waals surface area contributed by atoms with Crippen LogP contribution in [-0.4, -0.2) is 0 Å². The number of rotatable bonds is 1. The molecule has 1 nitrogen and oxygen atoms in total. The summed E-state index contributed by atoms with van der Waals surface area (Å²) in [5.74, 6) is 0. The van der Waals surface area contributed by atoms with Gasteiger partial charge in [0.25, 0.3) is 0 Å². The van der Waals surface area contributed by atoms with Gasteiger partial charge in [0.15, 0.2) is 0 Å². The van der Waals surface area contributed by atoms with Crippen molar-refractivity contribution in [2.45, 2.75) is 64.3 Å². The first-order valence-electron chi connectivity index (χ1n) is 7.40. The molecule has 3 rings (SSSR count). The zero-order valence-electron chi connectivity index (χ0n) is 11.8. The van der Waals surface area contributed by atoms with E-state index in [1.807, 2.05) is 0 Å². The number of hydrogen-bond acceptors (Lipinski definition) is 1. The fourth-order valence-corrected chi connectivity index (χ4v) is 3.54. The van der Waals surface area contributed by atoms with Gasteiger partial charge in [0.1, 0.15) is 0 Å². The van der Waals surface area contributed by atoms with Crippen LogP contribution < -0.4 is 5.73 Å². The third-order valence-electron chi connectivity index (χ3n) is 5.17. The largest absolute Gasteiger partial charge is 0.321 e. The lowest BCUT2D eigenvalue weighted by Crippen LogP contribution is -2.42. The Morgan fingerprint density at radius 3 is 2.33 bits per heavy atom. The van der Waals surface area contributed by atoms with E-state index in [0.29, 0.717) is 5.41 Å². The van der Waals surface area contributed by atoms with E-state index in [1.165, 1.54) is 37.7 Å². The molecule has 0 aliphatic heterocycles. The fourth-order valence-electron chi connectivity index (χ4n) is 3.54. The summed E-state index contributed by atoms with van der Waals surface area (Å²) in [7, 11) is 0. The molecule has 0 amide bonds. The topological polar surface area (TPSA) is 26.0 Å². The molecule has 0 unspecified atom stereocenters. The lowest BCUT2D eigenvalue weighted by Gasteiger charge is -2.41. The van der Waals surface area contributed by atoms with Gasteiger partial charge in [-0.2, -0.15) is 0 Å². The molecule has 18 heavy (non-hydrogen) atoms. The lowest BCUT2D eigenvalue weighted by atomic mass is 9.67. The molecule has 1 fully saturated rings. The summed E-state index contributed by atoms with van der Waals surface area (Å²) < 4.78 is 0. The quantitative estimate of drug-likeness (QED) is 0.794. The lowest BCUT2D eigenvalue weighted by molar-refractivity contribution is 0.165. The molecule has 0 bridgehead atoms. The molecule has 0 aromatic heterocycles. The summed E-state index contributed by atoms with van der Waals surface area (Å²) in [5.41, 5.74) is 11.6. The van der Waals surface area contributed by atoms with E-state index in [4.69, 9.17) is 5.73 Å². The maximum absolute atomic E-state index is 6.70. The minimum absolute atomic E-state index is 0.0624. The SMILES string of the molecule is CC1(C)CCC(N)(c2ccc3c(c2)CCC3)CC1. The standard InChI is InChI=1S/C17H25N/c1-16(2)8-10-17(18,11-9-16)15-7-6-13-4-3-5-14(13)12-15/h6-7,12H,3-5,8-11,18H2,1-2H3. The number of aryl methyl sites for hydroxylation is 2. The van der Waals surface area contributed by atoms with Gasteiger partial charge in [-0.05, 0) is 67.1 Å². The number of hydrogen-bond donors (Lipinski definition) is 1. The average Bonchev–Trinajstić information content (AvgIpc) is 2.80. The monoisotopic (exact) mass is 243 g/mol. The van der Waals surface area contributed by atoms with Crippen LogP contribution in [0.3, 0.4) is 0 Å². The van der Waals surface area contributed by atoms with Gasteiger partial charge in [0.2, 0.25) is 0 Å². The molecule has 1 aromatic carbocycles. The van der Waals surface area contributed by atoms with E-state index in [-0.39, 0.29) is 5.54 Å². The molecule has 2 aliphatic carbocycles. The smallest absolute Gasteiger partial charge is 0.0410 e. The highest BCUT2D eigenvalue weighted by Gasteiger charge is 2.36. The van der Waals surface area contributed by atoms with E-state index in [2.05, 4.69) is 32.0 Å². The zero-order chi connectivity index (χ0) is 12.8. The Labute approximate surface area is 111 Å². The molecule has 0 saturated heterocycles. The Balaban J connectivity index is 1.86. The summed E-state index contributed by atoms with van der Waals surface area (Å²) in [6, 6.07) is 7.02. The Kier molecular flexibility index (Phi) is 2.78. The summed E-state index contributed by atoms with van der Waals surface area (Å²) in [6.07, 6.45) is 8.62. The first-order valence-corrected chi connectivity index (χ1v) is 7.40. The molecule has 98 valence electrons. The fraction of sp³-hybridized carbons (Fsp3) is 0.647. The van der Waals surface area contributed by atoms with Gasteiger partial charge in [-0.25, -0.2) is 0 Å². The second-order valence-corrected chi connectivity index (χ2v) is 7.16. The summed E-state index contributed by atoms with van der Waals surface area (Å²) >= 11 is 0.